The third kappa shape index (κ3) is 2.56. The Bertz CT molecular complexity index is 593. The van der Waals surface area contributed by atoms with Crippen LogP contribution >= 0.6 is 0 Å². The molecule has 1 saturated carbocycles. The highest BCUT2D eigenvalue weighted by Gasteiger charge is 2.23. The van der Waals surface area contributed by atoms with Crippen LogP contribution in [0.4, 0.5) is 11.5 Å². The molecule has 2 aromatic rings. The van der Waals surface area contributed by atoms with Crippen LogP contribution in [-0.2, 0) is 0 Å². The molecule has 1 aliphatic carbocycles. The lowest BCUT2D eigenvalue weighted by Crippen LogP contribution is -2.36. The van der Waals surface area contributed by atoms with Crippen LogP contribution in [0.15, 0.2) is 30.3 Å². The average Bonchev–Trinajstić information content (AvgIpc) is 2.98. The molecule has 0 bridgehead atoms. The van der Waals surface area contributed by atoms with Gasteiger partial charge in [0.2, 0.25) is 0 Å². The van der Waals surface area contributed by atoms with Crippen LogP contribution in [0.1, 0.15) is 25.7 Å². The van der Waals surface area contributed by atoms with Crippen molar-refractivity contribution in [2.24, 2.45) is 0 Å². The number of benzene rings is 1. The molecule has 106 valence electrons. The summed E-state index contributed by atoms with van der Waals surface area (Å²) in [5.41, 5.74) is 7.51. The molecule has 3 N–H and O–H groups in total. The number of rotatable bonds is 4. The number of aromatic nitrogens is 1. The van der Waals surface area contributed by atoms with Gasteiger partial charge in [0, 0.05) is 23.7 Å². The summed E-state index contributed by atoms with van der Waals surface area (Å²) in [6.45, 7) is 0.816. The fraction of sp³-hybridized carbons (Fsp3) is 0.438. The van der Waals surface area contributed by atoms with Gasteiger partial charge in [0.15, 0.2) is 0 Å². The van der Waals surface area contributed by atoms with Gasteiger partial charge in [0.25, 0.3) is 0 Å². The van der Waals surface area contributed by atoms with Gasteiger partial charge in [-0.05, 0) is 43.2 Å². The number of nitrogens with zero attached hydrogens (tertiary/aromatic N) is 2. The quantitative estimate of drug-likeness (QED) is 0.839. The number of hydrogen-bond donors (Lipinski definition) is 2. The van der Waals surface area contributed by atoms with Gasteiger partial charge in [-0.15, -0.1) is 0 Å². The molecule has 0 aliphatic heterocycles. The van der Waals surface area contributed by atoms with E-state index in [0.29, 0.717) is 12.6 Å². The molecule has 0 radical (unpaired) electrons. The van der Waals surface area contributed by atoms with Crippen LogP contribution < -0.4 is 10.6 Å². The van der Waals surface area contributed by atoms with E-state index in [1.807, 2.05) is 24.3 Å². The summed E-state index contributed by atoms with van der Waals surface area (Å²) in [5, 5.41) is 10.4. The second-order valence-electron chi connectivity index (χ2n) is 5.48. The topological polar surface area (TPSA) is 62.4 Å². The minimum atomic E-state index is 0.165. The molecule has 0 saturated heterocycles. The molecule has 4 heteroatoms. The molecule has 1 aromatic carbocycles. The predicted octanol–water partition coefficient (Wildman–Crippen LogP) is 2.56. The minimum Gasteiger partial charge on any atom is -0.399 e. The highest BCUT2D eigenvalue weighted by atomic mass is 16.3. The fourth-order valence-corrected chi connectivity index (χ4v) is 3.10. The molecule has 1 heterocycles. The lowest BCUT2D eigenvalue weighted by atomic mass is 10.1. The van der Waals surface area contributed by atoms with Crippen LogP contribution in [0.5, 0.6) is 0 Å². The first kappa shape index (κ1) is 13.2. The molecule has 1 aliphatic rings. The number of fused-ring (bicyclic) bond motifs is 1. The first-order valence-corrected chi connectivity index (χ1v) is 7.32. The molecule has 20 heavy (non-hydrogen) atoms. The number of nitrogen functional groups attached to an aromatic ring is 1. The maximum Gasteiger partial charge on any atom is 0.129 e. The van der Waals surface area contributed by atoms with Gasteiger partial charge in [0.05, 0.1) is 12.1 Å². The van der Waals surface area contributed by atoms with Crippen molar-refractivity contribution in [3.63, 3.8) is 0 Å². The van der Waals surface area contributed by atoms with E-state index in [1.165, 1.54) is 25.7 Å². The fourth-order valence-electron chi connectivity index (χ4n) is 3.10. The van der Waals surface area contributed by atoms with Crippen molar-refractivity contribution < 1.29 is 5.11 Å². The van der Waals surface area contributed by atoms with Gasteiger partial charge in [-0.3, -0.25) is 0 Å². The van der Waals surface area contributed by atoms with Crippen molar-refractivity contribution in [3.05, 3.63) is 30.3 Å². The van der Waals surface area contributed by atoms with Crippen LogP contribution in [0, 0.1) is 0 Å². The largest absolute Gasteiger partial charge is 0.399 e. The Hall–Kier alpha value is -1.81. The van der Waals surface area contributed by atoms with Crippen molar-refractivity contribution >= 4 is 22.4 Å². The zero-order valence-electron chi connectivity index (χ0n) is 11.6. The van der Waals surface area contributed by atoms with Gasteiger partial charge < -0.3 is 15.7 Å². The van der Waals surface area contributed by atoms with E-state index < -0.39 is 0 Å². The first-order chi connectivity index (χ1) is 9.78. The number of aliphatic hydroxyl groups is 1. The van der Waals surface area contributed by atoms with E-state index in [2.05, 4.69) is 11.0 Å². The summed E-state index contributed by atoms with van der Waals surface area (Å²) in [7, 11) is 0. The standard InChI is InChI=1S/C16H21N3O/c17-13-6-7-15-12(11-13)5-8-16(18-15)19(9-10-20)14-3-1-2-4-14/h5-8,11,14,20H,1-4,9-10,17H2. The highest BCUT2D eigenvalue weighted by Crippen LogP contribution is 2.28. The third-order valence-corrected chi connectivity index (χ3v) is 4.10. The van der Waals surface area contributed by atoms with E-state index in [1.54, 1.807) is 0 Å². The number of hydrogen-bond acceptors (Lipinski definition) is 4. The Morgan fingerprint density at radius 2 is 2.00 bits per heavy atom. The molecular formula is C16H21N3O. The zero-order valence-corrected chi connectivity index (χ0v) is 11.6. The summed E-state index contributed by atoms with van der Waals surface area (Å²) in [5.74, 6) is 0.961. The second-order valence-corrected chi connectivity index (χ2v) is 5.48. The van der Waals surface area contributed by atoms with Crippen molar-refractivity contribution in [2.75, 3.05) is 23.8 Å². The van der Waals surface area contributed by atoms with Gasteiger partial charge in [-0.25, -0.2) is 4.98 Å². The minimum absolute atomic E-state index is 0.165. The molecule has 0 spiro atoms. The Kier molecular flexibility index (Phi) is 3.74. The van der Waals surface area contributed by atoms with E-state index in [9.17, 15) is 5.11 Å². The summed E-state index contributed by atoms with van der Waals surface area (Å²) in [6, 6.07) is 10.4. The van der Waals surface area contributed by atoms with Crippen molar-refractivity contribution in [3.8, 4) is 0 Å². The Labute approximate surface area is 119 Å². The normalized spacial score (nSPS) is 15.8. The summed E-state index contributed by atoms with van der Waals surface area (Å²) >= 11 is 0. The SMILES string of the molecule is Nc1ccc2nc(N(CCO)C3CCCC3)ccc2c1. The zero-order chi connectivity index (χ0) is 13.9. The van der Waals surface area contributed by atoms with Crippen LogP contribution in [0.2, 0.25) is 0 Å². The lowest BCUT2D eigenvalue weighted by molar-refractivity contribution is 0.297. The van der Waals surface area contributed by atoms with Crippen molar-refractivity contribution in [1.82, 2.24) is 4.98 Å². The summed E-state index contributed by atoms with van der Waals surface area (Å²) in [4.78, 5) is 6.99. The summed E-state index contributed by atoms with van der Waals surface area (Å²) < 4.78 is 0. The Morgan fingerprint density at radius 1 is 1.20 bits per heavy atom. The van der Waals surface area contributed by atoms with E-state index >= 15 is 0 Å². The molecule has 0 amide bonds. The smallest absolute Gasteiger partial charge is 0.129 e. The van der Waals surface area contributed by atoms with Gasteiger partial charge >= 0.3 is 0 Å². The number of anilines is 2. The van der Waals surface area contributed by atoms with Crippen molar-refractivity contribution in [1.29, 1.82) is 0 Å². The molecular weight excluding hydrogens is 250 g/mol. The average molecular weight is 271 g/mol. The van der Waals surface area contributed by atoms with Gasteiger partial charge in [-0.1, -0.05) is 12.8 Å². The molecule has 1 aromatic heterocycles. The van der Waals surface area contributed by atoms with Crippen LogP contribution in [-0.4, -0.2) is 29.3 Å². The number of pyridine rings is 1. The van der Waals surface area contributed by atoms with E-state index in [4.69, 9.17) is 10.7 Å². The number of nitrogens with two attached hydrogens (primary N) is 1. The molecule has 0 atom stereocenters. The van der Waals surface area contributed by atoms with Crippen molar-refractivity contribution in [2.45, 2.75) is 31.7 Å². The van der Waals surface area contributed by atoms with E-state index in [-0.39, 0.29) is 6.61 Å². The molecule has 3 rings (SSSR count). The van der Waals surface area contributed by atoms with Gasteiger partial charge in [0.1, 0.15) is 5.82 Å². The second kappa shape index (κ2) is 5.67. The first-order valence-electron chi connectivity index (χ1n) is 7.32. The Balaban J connectivity index is 1.95. The Morgan fingerprint density at radius 3 is 2.75 bits per heavy atom. The van der Waals surface area contributed by atoms with E-state index in [0.717, 1.165) is 22.4 Å². The third-order valence-electron chi connectivity index (χ3n) is 4.10. The highest BCUT2D eigenvalue weighted by molar-refractivity contribution is 5.83. The molecule has 4 nitrogen and oxygen atoms in total. The monoisotopic (exact) mass is 271 g/mol. The lowest BCUT2D eigenvalue weighted by Gasteiger charge is -2.29. The van der Waals surface area contributed by atoms with Crippen LogP contribution in [0.25, 0.3) is 10.9 Å². The van der Waals surface area contributed by atoms with Gasteiger partial charge in [-0.2, -0.15) is 0 Å². The molecule has 1 fully saturated rings. The summed E-state index contributed by atoms with van der Waals surface area (Å²) in [6.07, 6.45) is 4.94. The predicted molar refractivity (Wildman–Crippen MR) is 82.8 cm³/mol. The maximum atomic E-state index is 9.32. The van der Waals surface area contributed by atoms with Crippen LogP contribution in [0.3, 0.4) is 0 Å². The maximum absolute atomic E-state index is 9.32. The number of aliphatic hydroxyl groups excluding tert-OH is 1. The molecule has 0 unspecified atom stereocenters.